The molecule has 1 heterocycles. The van der Waals surface area contributed by atoms with Crippen LogP contribution in [0.25, 0.3) is 0 Å². The summed E-state index contributed by atoms with van der Waals surface area (Å²) in [5.41, 5.74) is -0.558. The highest BCUT2D eigenvalue weighted by atomic mass is 127. The van der Waals surface area contributed by atoms with Crippen LogP contribution in [0.5, 0.6) is 0 Å². The van der Waals surface area contributed by atoms with Crippen molar-refractivity contribution in [3.8, 4) is 0 Å². The van der Waals surface area contributed by atoms with Gasteiger partial charge in [0, 0.05) is 21.2 Å². The van der Waals surface area contributed by atoms with Crippen LogP contribution in [0.4, 0.5) is 0 Å². The van der Waals surface area contributed by atoms with Crippen LogP contribution in [-0.2, 0) is 14.3 Å². The predicted molar refractivity (Wildman–Crippen MR) is 80.1 cm³/mol. The van der Waals surface area contributed by atoms with Crippen LogP contribution in [0.15, 0.2) is 0 Å². The van der Waals surface area contributed by atoms with E-state index in [1.807, 2.05) is 0 Å². The molecule has 4 heteroatoms. The van der Waals surface area contributed by atoms with E-state index in [2.05, 4.69) is 43.4 Å². The minimum atomic E-state index is -0.300. The van der Waals surface area contributed by atoms with Crippen LogP contribution in [0, 0.1) is 17.3 Å². The molecule has 0 unspecified atom stereocenters. The van der Waals surface area contributed by atoms with Crippen molar-refractivity contribution < 1.29 is 14.3 Å². The van der Waals surface area contributed by atoms with E-state index >= 15 is 0 Å². The van der Waals surface area contributed by atoms with Gasteiger partial charge in [0.05, 0.1) is 6.42 Å². The second-order valence-corrected chi connectivity index (χ2v) is 9.21. The zero-order valence-corrected chi connectivity index (χ0v) is 14.0. The first kappa shape index (κ1) is 13.8. The summed E-state index contributed by atoms with van der Waals surface area (Å²) in [4.78, 5) is 24.0. The lowest BCUT2D eigenvalue weighted by Gasteiger charge is -2.57. The first-order chi connectivity index (χ1) is 8.70. The zero-order chi connectivity index (χ0) is 14.1. The molecule has 0 amide bonds. The Hall–Kier alpha value is -0.130. The molecule has 2 aliphatic carbocycles. The lowest BCUT2D eigenvalue weighted by atomic mass is 9.52. The summed E-state index contributed by atoms with van der Waals surface area (Å²) in [6.45, 7) is 6.27. The van der Waals surface area contributed by atoms with Gasteiger partial charge in [0.15, 0.2) is 0 Å². The smallest absolute Gasteiger partial charge is 0.306 e. The molecule has 0 N–H and O–H groups in total. The summed E-state index contributed by atoms with van der Waals surface area (Å²) < 4.78 is 5.67. The number of rotatable bonds is 0. The van der Waals surface area contributed by atoms with Gasteiger partial charge in [0.25, 0.3) is 0 Å². The minimum Gasteiger partial charge on any atom is -0.459 e. The number of carbonyl (C=O) groups excluding carboxylic acids is 2. The van der Waals surface area contributed by atoms with Crippen molar-refractivity contribution in [1.82, 2.24) is 0 Å². The van der Waals surface area contributed by atoms with E-state index in [1.165, 1.54) is 0 Å². The van der Waals surface area contributed by atoms with Crippen molar-refractivity contribution in [3.05, 3.63) is 0 Å². The second-order valence-electron chi connectivity index (χ2n) is 7.21. The van der Waals surface area contributed by atoms with Crippen LogP contribution < -0.4 is 0 Å². The van der Waals surface area contributed by atoms with Gasteiger partial charge in [-0.15, -0.1) is 0 Å². The molecule has 0 radical (unpaired) electrons. The highest BCUT2D eigenvalue weighted by molar-refractivity contribution is 14.1. The van der Waals surface area contributed by atoms with E-state index in [1.54, 1.807) is 0 Å². The maximum atomic E-state index is 12.2. The van der Waals surface area contributed by atoms with E-state index < -0.39 is 0 Å². The number of ether oxygens (including phenoxy) is 1. The van der Waals surface area contributed by atoms with E-state index in [9.17, 15) is 9.59 Å². The summed E-state index contributed by atoms with van der Waals surface area (Å²) in [5, 5.41) is 0. The number of fused-ring (bicyclic) bond motifs is 3. The molecule has 3 fully saturated rings. The molecule has 0 bridgehead atoms. The van der Waals surface area contributed by atoms with Gasteiger partial charge in [-0.25, -0.2) is 0 Å². The molecule has 4 atom stereocenters. The Kier molecular flexibility index (Phi) is 2.88. The normalized spacial score (nSPS) is 48.4. The van der Waals surface area contributed by atoms with Gasteiger partial charge in [0.2, 0.25) is 0 Å². The Morgan fingerprint density at radius 2 is 1.84 bits per heavy atom. The van der Waals surface area contributed by atoms with Gasteiger partial charge in [-0.05, 0) is 32.1 Å². The number of ketones is 1. The quantitative estimate of drug-likeness (QED) is 0.370. The number of esters is 1. The molecule has 0 aromatic heterocycles. The van der Waals surface area contributed by atoms with E-state index in [0.717, 1.165) is 19.3 Å². The molecule has 0 aromatic carbocycles. The number of alkyl halides is 1. The number of Topliss-reactive ketones (excluding diaryl/α,β-unsaturated/α-hetero) is 1. The van der Waals surface area contributed by atoms with Gasteiger partial charge in [-0.3, -0.25) is 9.59 Å². The third-order valence-corrected chi connectivity index (χ3v) is 7.91. The van der Waals surface area contributed by atoms with Crippen molar-refractivity contribution in [3.63, 3.8) is 0 Å². The van der Waals surface area contributed by atoms with Gasteiger partial charge in [0.1, 0.15) is 11.4 Å². The van der Waals surface area contributed by atoms with Crippen molar-refractivity contribution >= 4 is 34.3 Å². The molecular weight excluding hydrogens is 355 g/mol. The van der Waals surface area contributed by atoms with Crippen LogP contribution in [0.3, 0.4) is 0 Å². The zero-order valence-electron chi connectivity index (χ0n) is 11.8. The molecule has 3 nitrogen and oxygen atoms in total. The molecule has 19 heavy (non-hydrogen) atoms. The minimum absolute atomic E-state index is 0.0360. The Balaban J connectivity index is 2.03. The molecule has 2 saturated carbocycles. The third kappa shape index (κ3) is 1.74. The fourth-order valence-electron chi connectivity index (χ4n) is 4.70. The lowest BCUT2D eigenvalue weighted by Crippen LogP contribution is -2.60. The number of carbonyl (C=O) groups is 2. The van der Waals surface area contributed by atoms with Gasteiger partial charge in [-0.1, -0.05) is 36.4 Å². The second kappa shape index (κ2) is 3.95. The van der Waals surface area contributed by atoms with Gasteiger partial charge in [-0.2, -0.15) is 0 Å². The van der Waals surface area contributed by atoms with Crippen LogP contribution >= 0.6 is 22.6 Å². The Morgan fingerprint density at radius 3 is 2.53 bits per heavy atom. The SMILES string of the molecule is CC1(C)C(=O)CC[C@]2(I)[C@H]3CC(=O)O[C@]3(C)CC[C@@H]12. The number of halogens is 1. The van der Waals surface area contributed by atoms with Crippen LogP contribution in [0.1, 0.15) is 52.9 Å². The number of hydrogen-bond acceptors (Lipinski definition) is 3. The molecular formula is C15H21IO3. The van der Waals surface area contributed by atoms with E-state index in [-0.39, 0.29) is 26.3 Å². The largest absolute Gasteiger partial charge is 0.459 e. The van der Waals surface area contributed by atoms with Crippen molar-refractivity contribution in [2.75, 3.05) is 0 Å². The molecule has 3 aliphatic rings. The molecule has 0 spiro atoms. The van der Waals surface area contributed by atoms with Crippen molar-refractivity contribution in [2.24, 2.45) is 17.3 Å². The summed E-state index contributed by atoms with van der Waals surface area (Å²) in [6.07, 6.45) is 3.96. The van der Waals surface area contributed by atoms with Crippen molar-refractivity contribution in [2.45, 2.75) is 61.9 Å². The summed E-state index contributed by atoms with van der Waals surface area (Å²) >= 11 is 2.56. The monoisotopic (exact) mass is 376 g/mol. The molecule has 1 aliphatic heterocycles. The van der Waals surface area contributed by atoms with Crippen LogP contribution in [-0.4, -0.2) is 20.8 Å². The average Bonchev–Trinajstić information content (AvgIpc) is 2.61. The highest BCUT2D eigenvalue weighted by Crippen LogP contribution is 2.63. The molecule has 106 valence electrons. The number of hydrogen-bond donors (Lipinski definition) is 0. The summed E-state index contributed by atoms with van der Waals surface area (Å²) in [5.74, 6) is 0.964. The van der Waals surface area contributed by atoms with Crippen molar-refractivity contribution in [1.29, 1.82) is 0 Å². The van der Waals surface area contributed by atoms with Gasteiger partial charge >= 0.3 is 5.97 Å². The topological polar surface area (TPSA) is 43.4 Å². The molecule has 3 rings (SSSR count). The Morgan fingerprint density at radius 1 is 1.16 bits per heavy atom. The highest BCUT2D eigenvalue weighted by Gasteiger charge is 2.65. The maximum absolute atomic E-state index is 12.2. The Labute approximate surface area is 128 Å². The first-order valence-corrected chi connectivity index (χ1v) is 8.22. The summed E-state index contributed by atoms with van der Waals surface area (Å²) in [7, 11) is 0. The predicted octanol–water partition coefficient (Wildman–Crippen LogP) is 3.28. The van der Waals surface area contributed by atoms with E-state index in [4.69, 9.17) is 4.74 Å². The van der Waals surface area contributed by atoms with E-state index in [0.29, 0.717) is 24.5 Å². The fraction of sp³-hybridized carbons (Fsp3) is 0.867. The fourth-order valence-corrected chi connectivity index (χ4v) is 6.94. The van der Waals surface area contributed by atoms with Gasteiger partial charge < -0.3 is 4.74 Å². The Bertz CT molecular complexity index is 454. The standard InChI is InChI=1S/C15H21IO3/c1-13(2)9-4-6-14(3)10(8-12(18)19-14)15(9,16)7-5-11(13)17/h9-10H,4-8H2,1-3H3/t9-,10-,14+,15+/m0/s1. The maximum Gasteiger partial charge on any atom is 0.306 e. The summed E-state index contributed by atoms with van der Waals surface area (Å²) in [6, 6.07) is 0. The first-order valence-electron chi connectivity index (χ1n) is 7.14. The lowest BCUT2D eigenvalue weighted by molar-refractivity contribution is -0.155. The third-order valence-electron chi connectivity index (χ3n) is 5.87. The molecule has 1 saturated heterocycles. The van der Waals surface area contributed by atoms with Crippen LogP contribution in [0.2, 0.25) is 0 Å². The average molecular weight is 376 g/mol. The molecule has 0 aromatic rings.